The van der Waals surface area contributed by atoms with Crippen LogP contribution in [-0.2, 0) is 17.9 Å². The quantitative estimate of drug-likeness (QED) is 0.259. The van der Waals surface area contributed by atoms with Crippen molar-refractivity contribution in [3.63, 3.8) is 0 Å². The van der Waals surface area contributed by atoms with E-state index >= 15 is 0 Å². The SMILES string of the molecule is CCOc1cc(CNc2cccc(NC(=O)CC(C)C)c2)cc(Br)c1OCc1ccc(Cl)cc1. The van der Waals surface area contributed by atoms with Gasteiger partial charge in [-0.25, -0.2) is 0 Å². The Balaban J connectivity index is 1.67. The zero-order valence-corrected chi connectivity index (χ0v) is 22.0. The zero-order chi connectivity index (χ0) is 24.5. The number of halogens is 2. The first-order valence-electron chi connectivity index (χ1n) is 11.3. The predicted octanol–water partition coefficient (Wildman–Crippen LogP) is 7.68. The van der Waals surface area contributed by atoms with E-state index in [2.05, 4.69) is 26.6 Å². The maximum Gasteiger partial charge on any atom is 0.224 e. The van der Waals surface area contributed by atoms with Crippen LogP contribution in [0.1, 0.15) is 38.3 Å². The van der Waals surface area contributed by atoms with E-state index in [0.29, 0.717) is 48.6 Å². The summed E-state index contributed by atoms with van der Waals surface area (Å²) in [5, 5.41) is 7.06. The van der Waals surface area contributed by atoms with E-state index < -0.39 is 0 Å². The van der Waals surface area contributed by atoms with Crippen molar-refractivity contribution in [2.75, 3.05) is 17.2 Å². The number of anilines is 2. The Bertz CT molecular complexity index is 1100. The molecule has 5 nitrogen and oxygen atoms in total. The third-order valence-corrected chi connectivity index (χ3v) is 5.74. The van der Waals surface area contributed by atoms with Crippen molar-refractivity contribution >= 4 is 44.8 Å². The van der Waals surface area contributed by atoms with E-state index in [1.165, 1.54) is 0 Å². The third kappa shape index (κ3) is 7.96. The molecule has 0 radical (unpaired) electrons. The first-order valence-corrected chi connectivity index (χ1v) is 12.5. The van der Waals surface area contributed by atoms with Gasteiger partial charge in [0.05, 0.1) is 11.1 Å². The van der Waals surface area contributed by atoms with Crippen molar-refractivity contribution in [3.8, 4) is 11.5 Å². The molecule has 0 atom stereocenters. The van der Waals surface area contributed by atoms with Crippen molar-refractivity contribution in [2.45, 2.75) is 40.3 Å². The lowest BCUT2D eigenvalue weighted by molar-refractivity contribution is -0.116. The molecule has 0 heterocycles. The van der Waals surface area contributed by atoms with Gasteiger partial charge in [0.2, 0.25) is 5.91 Å². The Labute approximate surface area is 214 Å². The van der Waals surface area contributed by atoms with Gasteiger partial charge in [-0.2, -0.15) is 0 Å². The molecule has 0 unspecified atom stereocenters. The fraction of sp³-hybridized carbons (Fsp3) is 0.296. The first-order chi connectivity index (χ1) is 16.3. The third-order valence-electron chi connectivity index (χ3n) is 4.90. The van der Waals surface area contributed by atoms with Crippen LogP contribution in [-0.4, -0.2) is 12.5 Å². The standard InChI is InChI=1S/C27H30BrClN2O3/c1-4-33-25-14-20(13-24(28)27(25)34-17-19-8-10-21(29)11-9-19)16-30-22-6-5-7-23(15-22)31-26(32)12-18(2)3/h5-11,13-15,18,30H,4,12,16-17H2,1-3H3,(H,31,32). The summed E-state index contributed by atoms with van der Waals surface area (Å²) < 4.78 is 12.7. The Morgan fingerprint density at radius 3 is 2.44 bits per heavy atom. The van der Waals surface area contributed by atoms with Crippen LogP contribution in [0.25, 0.3) is 0 Å². The highest BCUT2D eigenvalue weighted by Gasteiger charge is 2.13. The van der Waals surface area contributed by atoms with Gasteiger partial charge in [0.15, 0.2) is 11.5 Å². The van der Waals surface area contributed by atoms with Crippen LogP contribution in [0.5, 0.6) is 11.5 Å². The fourth-order valence-electron chi connectivity index (χ4n) is 3.36. The normalized spacial score (nSPS) is 10.8. The second kappa shape index (κ2) is 12.7. The molecule has 3 aromatic carbocycles. The van der Waals surface area contributed by atoms with Crippen molar-refractivity contribution in [1.29, 1.82) is 0 Å². The number of hydrogen-bond donors (Lipinski definition) is 2. The van der Waals surface area contributed by atoms with Crippen LogP contribution in [0.3, 0.4) is 0 Å². The van der Waals surface area contributed by atoms with Gasteiger partial charge in [0, 0.05) is 29.4 Å². The molecule has 0 bridgehead atoms. The number of ether oxygens (including phenoxy) is 2. The number of rotatable bonds is 11. The molecule has 7 heteroatoms. The van der Waals surface area contributed by atoms with Gasteiger partial charge in [-0.05, 0) is 82.4 Å². The average molecular weight is 546 g/mol. The summed E-state index contributed by atoms with van der Waals surface area (Å²) in [6.07, 6.45) is 0.498. The lowest BCUT2D eigenvalue weighted by Gasteiger charge is -2.16. The molecule has 0 fully saturated rings. The molecular formula is C27H30BrClN2O3. The Kier molecular flexibility index (Phi) is 9.66. The number of carbonyl (C=O) groups excluding carboxylic acids is 1. The molecule has 0 aliphatic rings. The van der Waals surface area contributed by atoms with E-state index in [-0.39, 0.29) is 5.91 Å². The molecule has 34 heavy (non-hydrogen) atoms. The van der Waals surface area contributed by atoms with Gasteiger partial charge >= 0.3 is 0 Å². The minimum Gasteiger partial charge on any atom is -0.490 e. The number of benzene rings is 3. The summed E-state index contributed by atoms with van der Waals surface area (Å²) in [6, 6.07) is 19.3. The summed E-state index contributed by atoms with van der Waals surface area (Å²) >= 11 is 9.60. The molecule has 0 saturated heterocycles. The van der Waals surface area contributed by atoms with Crippen molar-refractivity contribution in [1.82, 2.24) is 0 Å². The van der Waals surface area contributed by atoms with Crippen molar-refractivity contribution < 1.29 is 14.3 Å². The molecule has 0 saturated carbocycles. The lowest BCUT2D eigenvalue weighted by atomic mass is 10.1. The van der Waals surface area contributed by atoms with Gasteiger partial charge in [0.1, 0.15) is 6.61 Å². The monoisotopic (exact) mass is 544 g/mol. The largest absolute Gasteiger partial charge is 0.490 e. The topological polar surface area (TPSA) is 59.6 Å². The highest BCUT2D eigenvalue weighted by Crippen LogP contribution is 2.37. The number of nitrogens with one attached hydrogen (secondary N) is 2. The molecular weight excluding hydrogens is 516 g/mol. The molecule has 0 aliphatic heterocycles. The Morgan fingerprint density at radius 1 is 1.00 bits per heavy atom. The molecule has 0 spiro atoms. The van der Waals surface area contributed by atoms with E-state index in [0.717, 1.165) is 27.0 Å². The Morgan fingerprint density at radius 2 is 1.74 bits per heavy atom. The maximum absolute atomic E-state index is 12.1. The van der Waals surface area contributed by atoms with Crippen molar-refractivity contribution in [3.05, 3.63) is 81.3 Å². The van der Waals surface area contributed by atoms with Gasteiger partial charge < -0.3 is 20.1 Å². The Hall–Kier alpha value is -2.70. The second-order valence-electron chi connectivity index (χ2n) is 8.33. The van der Waals surface area contributed by atoms with Crippen LogP contribution < -0.4 is 20.1 Å². The highest BCUT2D eigenvalue weighted by atomic mass is 79.9. The maximum atomic E-state index is 12.1. The van der Waals surface area contributed by atoms with Crippen LogP contribution in [0.15, 0.2) is 65.1 Å². The minimum atomic E-state index is 0.0200. The summed E-state index contributed by atoms with van der Waals surface area (Å²) in [5.74, 6) is 1.68. The average Bonchev–Trinajstić information content (AvgIpc) is 2.78. The van der Waals surface area contributed by atoms with E-state index in [1.807, 2.05) is 81.4 Å². The molecule has 180 valence electrons. The van der Waals surface area contributed by atoms with Crippen LogP contribution >= 0.6 is 27.5 Å². The summed E-state index contributed by atoms with van der Waals surface area (Å²) in [5.41, 5.74) is 3.74. The summed E-state index contributed by atoms with van der Waals surface area (Å²) in [6.45, 7) is 7.52. The smallest absolute Gasteiger partial charge is 0.224 e. The van der Waals surface area contributed by atoms with Gasteiger partial charge in [-0.3, -0.25) is 4.79 Å². The van der Waals surface area contributed by atoms with Gasteiger partial charge in [0.25, 0.3) is 0 Å². The predicted molar refractivity (Wildman–Crippen MR) is 143 cm³/mol. The second-order valence-corrected chi connectivity index (χ2v) is 9.62. The van der Waals surface area contributed by atoms with Crippen molar-refractivity contribution in [2.24, 2.45) is 5.92 Å². The molecule has 2 N–H and O–H groups in total. The molecule has 1 amide bonds. The fourth-order valence-corrected chi connectivity index (χ4v) is 4.09. The number of hydrogen-bond acceptors (Lipinski definition) is 4. The number of amides is 1. The molecule has 0 aliphatic carbocycles. The van der Waals surface area contributed by atoms with Gasteiger partial charge in [-0.1, -0.05) is 43.6 Å². The summed E-state index contributed by atoms with van der Waals surface area (Å²) in [7, 11) is 0. The number of carbonyl (C=O) groups is 1. The molecule has 3 rings (SSSR count). The van der Waals surface area contributed by atoms with Crippen LogP contribution in [0, 0.1) is 5.92 Å². The van der Waals surface area contributed by atoms with E-state index in [1.54, 1.807) is 0 Å². The van der Waals surface area contributed by atoms with E-state index in [4.69, 9.17) is 21.1 Å². The van der Waals surface area contributed by atoms with E-state index in [9.17, 15) is 4.79 Å². The van der Waals surface area contributed by atoms with Gasteiger partial charge in [-0.15, -0.1) is 0 Å². The van der Waals surface area contributed by atoms with Crippen LogP contribution in [0.2, 0.25) is 5.02 Å². The highest BCUT2D eigenvalue weighted by molar-refractivity contribution is 9.10. The summed E-state index contributed by atoms with van der Waals surface area (Å²) in [4.78, 5) is 12.1. The molecule has 0 aromatic heterocycles. The minimum absolute atomic E-state index is 0.0200. The molecule has 3 aromatic rings. The van der Waals surface area contributed by atoms with Crippen LogP contribution in [0.4, 0.5) is 11.4 Å². The zero-order valence-electron chi connectivity index (χ0n) is 19.7. The lowest BCUT2D eigenvalue weighted by Crippen LogP contribution is -2.13. The first kappa shape index (κ1) is 25.9.